The van der Waals surface area contributed by atoms with E-state index in [1.54, 1.807) is 10.7 Å². The highest BCUT2D eigenvalue weighted by molar-refractivity contribution is 6.36. The van der Waals surface area contributed by atoms with Crippen LogP contribution in [-0.2, 0) is 6.42 Å². The van der Waals surface area contributed by atoms with Crippen molar-refractivity contribution in [1.82, 2.24) is 14.6 Å². The Balaban J connectivity index is 1.59. The third-order valence-corrected chi connectivity index (χ3v) is 4.77. The Morgan fingerprint density at radius 3 is 2.63 bits per heavy atom. The Morgan fingerprint density at radius 2 is 1.81 bits per heavy atom. The first kappa shape index (κ1) is 17.6. The van der Waals surface area contributed by atoms with Crippen LogP contribution in [-0.4, -0.2) is 29.0 Å². The Labute approximate surface area is 164 Å². The lowest BCUT2D eigenvalue weighted by atomic mass is 10.0. The highest BCUT2D eigenvalue weighted by Gasteiger charge is 2.12. The maximum Gasteiger partial charge on any atom is 0.150 e. The molecule has 2 aromatic carbocycles. The summed E-state index contributed by atoms with van der Waals surface area (Å²) in [4.78, 5) is 4.65. The molecule has 0 saturated heterocycles. The third-order valence-electron chi connectivity index (χ3n) is 4.44. The average molecular weight is 373 g/mol. The van der Waals surface area contributed by atoms with Crippen LogP contribution >= 0.6 is 11.6 Å². The van der Waals surface area contributed by atoms with Crippen molar-refractivity contribution in [2.75, 3.05) is 11.9 Å². The van der Waals surface area contributed by atoms with E-state index in [1.807, 2.05) is 36.4 Å². The molecule has 0 atom stereocenters. The van der Waals surface area contributed by atoms with Gasteiger partial charge in [-0.05, 0) is 29.9 Å². The van der Waals surface area contributed by atoms with Crippen molar-refractivity contribution in [3.8, 4) is 11.3 Å². The van der Waals surface area contributed by atoms with Crippen molar-refractivity contribution >= 4 is 36.4 Å². The number of nitrogens with one attached hydrogen (secondary N) is 1. The van der Waals surface area contributed by atoms with Gasteiger partial charge in [-0.1, -0.05) is 60.1 Å². The van der Waals surface area contributed by atoms with Crippen LogP contribution in [0.5, 0.6) is 0 Å². The maximum atomic E-state index is 6.36. The van der Waals surface area contributed by atoms with Gasteiger partial charge in [0.15, 0.2) is 5.65 Å². The van der Waals surface area contributed by atoms with Crippen LogP contribution in [0.15, 0.2) is 66.9 Å². The van der Waals surface area contributed by atoms with Gasteiger partial charge in [-0.25, -0.2) is 4.98 Å². The number of fused-ring (bicyclic) bond motifs is 1. The molecule has 2 radical (unpaired) electrons. The number of rotatable bonds is 6. The quantitative estimate of drug-likeness (QED) is 0.412. The number of halogens is 1. The van der Waals surface area contributed by atoms with E-state index in [1.165, 1.54) is 5.56 Å². The van der Waals surface area contributed by atoms with Gasteiger partial charge in [0.25, 0.3) is 0 Å². The molecule has 132 valence electrons. The minimum absolute atomic E-state index is 0.538. The zero-order chi connectivity index (χ0) is 18.6. The molecule has 1 N–H and O–H groups in total. The van der Waals surface area contributed by atoms with Gasteiger partial charge in [0.05, 0.1) is 5.69 Å². The largest absolute Gasteiger partial charge is 0.370 e. The number of nitrogens with zero attached hydrogens (tertiary/aromatic N) is 3. The summed E-state index contributed by atoms with van der Waals surface area (Å²) in [6.45, 7) is 0.815. The molecule has 0 fully saturated rings. The van der Waals surface area contributed by atoms with E-state index in [9.17, 15) is 0 Å². The zero-order valence-electron chi connectivity index (χ0n) is 14.8. The molecule has 0 aliphatic carbocycles. The van der Waals surface area contributed by atoms with E-state index < -0.39 is 0 Å². The highest BCUT2D eigenvalue weighted by atomic mass is 35.5. The fraction of sp³-hybridized carbons (Fsp3) is 0.143. The molecule has 0 aliphatic rings. The second-order valence-electron chi connectivity index (χ2n) is 6.36. The maximum absolute atomic E-state index is 6.36. The van der Waals surface area contributed by atoms with E-state index in [4.69, 9.17) is 19.4 Å². The third kappa shape index (κ3) is 3.83. The summed E-state index contributed by atoms with van der Waals surface area (Å²) in [5, 5.41) is 8.46. The molecule has 0 bridgehead atoms. The molecule has 0 saturated carbocycles. The monoisotopic (exact) mass is 372 g/mol. The van der Waals surface area contributed by atoms with Gasteiger partial charge in [-0.15, -0.1) is 0 Å². The van der Waals surface area contributed by atoms with Gasteiger partial charge >= 0.3 is 0 Å². The van der Waals surface area contributed by atoms with Crippen molar-refractivity contribution in [1.29, 1.82) is 0 Å². The first-order valence-electron chi connectivity index (χ1n) is 8.89. The minimum Gasteiger partial charge on any atom is -0.370 e. The Bertz CT molecular complexity index is 1060. The molecular weight excluding hydrogens is 355 g/mol. The lowest BCUT2D eigenvalue weighted by Crippen LogP contribution is -2.11. The number of aryl methyl sites for hydroxylation is 1. The minimum atomic E-state index is 0.538. The lowest BCUT2D eigenvalue weighted by Gasteiger charge is -2.12. The standard InChI is InChI=1S/C21H18BClN4/c22-17-14-25-27-20(24-12-6-9-15-7-2-1-3-8-15)13-19(26-21(17)27)16-10-4-5-11-18(16)23/h1-5,7-8,10-11,13-14,24H,6,9,12H2. The van der Waals surface area contributed by atoms with Gasteiger partial charge < -0.3 is 5.32 Å². The van der Waals surface area contributed by atoms with Crippen LogP contribution < -0.4 is 10.8 Å². The number of benzene rings is 2. The molecule has 6 heteroatoms. The number of hydrogen-bond donors (Lipinski definition) is 1. The van der Waals surface area contributed by atoms with Crippen LogP contribution in [0.1, 0.15) is 12.0 Å². The number of hydrogen-bond acceptors (Lipinski definition) is 3. The summed E-state index contributed by atoms with van der Waals surface area (Å²) in [7, 11) is 6.05. The van der Waals surface area contributed by atoms with Crippen LogP contribution in [0.4, 0.5) is 5.82 Å². The molecule has 0 aliphatic heterocycles. The Morgan fingerprint density at radius 1 is 1.04 bits per heavy atom. The van der Waals surface area contributed by atoms with Gasteiger partial charge in [-0.2, -0.15) is 9.61 Å². The summed E-state index contributed by atoms with van der Waals surface area (Å²) in [5.41, 5.74) is 4.13. The summed E-state index contributed by atoms with van der Waals surface area (Å²) >= 11 is 6.36. The van der Waals surface area contributed by atoms with E-state index in [0.717, 1.165) is 36.5 Å². The highest BCUT2D eigenvalue weighted by Crippen LogP contribution is 2.28. The van der Waals surface area contributed by atoms with E-state index in [2.05, 4.69) is 39.7 Å². The molecule has 0 spiro atoms. The Hall–Kier alpha value is -2.79. The van der Waals surface area contributed by atoms with Gasteiger partial charge in [0.1, 0.15) is 13.7 Å². The molecule has 4 rings (SSSR count). The Kier molecular flexibility index (Phi) is 5.12. The molecule has 2 aromatic heterocycles. The molecule has 0 unspecified atom stereocenters. The van der Waals surface area contributed by atoms with Crippen LogP contribution in [0.2, 0.25) is 5.02 Å². The molecule has 4 nitrogen and oxygen atoms in total. The van der Waals surface area contributed by atoms with Crippen molar-refractivity contribution in [3.05, 3.63) is 77.4 Å². The summed E-state index contributed by atoms with van der Waals surface area (Å²) in [5.74, 6) is 0.847. The van der Waals surface area contributed by atoms with Crippen molar-refractivity contribution in [2.45, 2.75) is 12.8 Å². The zero-order valence-corrected chi connectivity index (χ0v) is 15.5. The fourth-order valence-corrected chi connectivity index (χ4v) is 3.30. The molecule has 27 heavy (non-hydrogen) atoms. The molecule has 0 amide bonds. The SMILES string of the molecule is [B]c1cnn2c(NCCCc3ccccc3)cc(-c3ccccc3Cl)nc12. The first-order chi connectivity index (χ1) is 13.2. The number of anilines is 1. The van der Waals surface area contributed by atoms with E-state index in [-0.39, 0.29) is 0 Å². The smallest absolute Gasteiger partial charge is 0.150 e. The molecular formula is C21H18BClN4. The number of aromatic nitrogens is 3. The first-order valence-corrected chi connectivity index (χ1v) is 9.27. The summed E-state index contributed by atoms with van der Waals surface area (Å²) < 4.78 is 1.73. The van der Waals surface area contributed by atoms with Crippen molar-refractivity contribution in [2.24, 2.45) is 0 Å². The van der Waals surface area contributed by atoms with Gasteiger partial charge in [0.2, 0.25) is 0 Å². The molecule has 4 aromatic rings. The van der Waals surface area contributed by atoms with Gasteiger partial charge in [-0.3, -0.25) is 0 Å². The second-order valence-corrected chi connectivity index (χ2v) is 6.76. The van der Waals surface area contributed by atoms with E-state index >= 15 is 0 Å². The van der Waals surface area contributed by atoms with Crippen LogP contribution in [0.3, 0.4) is 0 Å². The normalized spacial score (nSPS) is 11.0. The van der Waals surface area contributed by atoms with Crippen molar-refractivity contribution < 1.29 is 0 Å². The molecule has 2 heterocycles. The average Bonchev–Trinajstić information content (AvgIpc) is 3.07. The fourth-order valence-electron chi connectivity index (χ4n) is 3.07. The summed E-state index contributed by atoms with van der Waals surface area (Å²) in [6, 6.07) is 20.1. The predicted molar refractivity (Wildman–Crippen MR) is 112 cm³/mol. The van der Waals surface area contributed by atoms with Crippen molar-refractivity contribution in [3.63, 3.8) is 0 Å². The topological polar surface area (TPSA) is 42.2 Å². The van der Waals surface area contributed by atoms with E-state index in [0.29, 0.717) is 16.1 Å². The van der Waals surface area contributed by atoms with Crippen LogP contribution in [0, 0.1) is 0 Å². The summed E-state index contributed by atoms with van der Waals surface area (Å²) in [6.07, 6.45) is 3.64. The van der Waals surface area contributed by atoms with Gasteiger partial charge in [0, 0.05) is 29.4 Å². The lowest BCUT2D eigenvalue weighted by molar-refractivity contribution is 0.843. The second kappa shape index (κ2) is 7.84. The predicted octanol–water partition coefficient (Wildman–Crippen LogP) is 3.89. The van der Waals surface area contributed by atoms with Crippen LogP contribution in [0.25, 0.3) is 16.9 Å².